The monoisotopic (exact) mass is 596 g/mol. The Balaban J connectivity index is 1.76. The molecular formula is C31H40N4O8. The molecule has 0 aliphatic carbocycles. The Labute approximate surface area is 250 Å². The van der Waals surface area contributed by atoms with E-state index >= 15 is 0 Å². The number of nitrogens with one attached hydrogen (secondary N) is 2. The molecule has 12 nitrogen and oxygen atoms in total. The van der Waals surface area contributed by atoms with Crippen molar-refractivity contribution in [3.63, 3.8) is 0 Å². The molecule has 4 atom stereocenters. The smallest absolute Gasteiger partial charge is 0.408 e. The fraction of sp³-hybridized carbons (Fsp3) is 0.452. The molecule has 2 aromatic carbocycles. The zero-order valence-corrected chi connectivity index (χ0v) is 24.7. The molecule has 0 unspecified atom stereocenters. The lowest BCUT2D eigenvalue weighted by Crippen LogP contribution is -2.58. The van der Waals surface area contributed by atoms with Crippen LogP contribution in [0.4, 0.5) is 4.79 Å². The van der Waals surface area contributed by atoms with E-state index in [1.54, 1.807) is 75.4 Å². The van der Waals surface area contributed by atoms with Gasteiger partial charge in [0, 0.05) is 6.54 Å². The van der Waals surface area contributed by atoms with Gasteiger partial charge in [0.2, 0.25) is 11.8 Å². The van der Waals surface area contributed by atoms with Crippen molar-refractivity contribution >= 4 is 29.8 Å². The summed E-state index contributed by atoms with van der Waals surface area (Å²) in [5.41, 5.74) is 5.99. The van der Waals surface area contributed by atoms with Crippen molar-refractivity contribution in [2.24, 2.45) is 5.73 Å². The molecule has 1 aliphatic heterocycles. The van der Waals surface area contributed by atoms with Crippen molar-refractivity contribution in [2.75, 3.05) is 6.54 Å². The van der Waals surface area contributed by atoms with Crippen LogP contribution in [0.1, 0.15) is 51.2 Å². The Morgan fingerprint density at radius 2 is 1.58 bits per heavy atom. The summed E-state index contributed by atoms with van der Waals surface area (Å²) in [7, 11) is 0. The van der Waals surface area contributed by atoms with Gasteiger partial charge in [-0.1, -0.05) is 60.7 Å². The number of aliphatic hydroxyl groups excluding tert-OH is 1. The number of aliphatic hydroxyl groups is 1. The van der Waals surface area contributed by atoms with E-state index in [1.165, 1.54) is 4.90 Å². The summed E-state index contributed by atoms with van der Waals surface area (Å²) in [6.07, 6.45) is -2.33. The van der Waals surface area contributed by atoms with E-state index in [0.29, 0.717) is 24.0 Å². The zero-order valence-electron chi connectivity index (χ0n) is 24.7. The number of likely N-dealkylation sites (tertiary alicyclic amines) is 1. The van der Waals surface area contributed by atoms with Gasteiger partial charge in [0.05, 0.1) is 12.5 Å². The van der Waals surface area contributed by atoms with Gasteiger partial charge in [-0.25, -0.2) is 9.59 Å². The van der Waals surface area contributed by atoms with Crippen molar-refractivity contribution in [2.45, 2.75) is 82.9 Å². The van der Waals surface area contributed by atoms with Crippen LogP contribution in [0.2, 0.25) is 0 Å². The van der Waals surface area contributed by atoms with Crippen LogP contribution in [-0.2, 0) is 41.7 Å². The maximum absolute atomic E-state index is 13.5. The van der Waals surface area contributed by atoms with E-state index in [-0.39, 0.29) is 19.6 Å². The number of carbonyl (C=O) groups is 5. The number of hydrogen-bond acceptors (Lipinski definition) is 8. The molecule has 3 rings (SSSR count). The number of nitrogens with two attached hydrogens (primary N) is 1. The van der Waals surface area contributed by atoms with Gasteiger partial charge in [-0.3, -0.25) is 14.4 Å². The van der Waals surface area contributed by atoms with Crippen molar-refractivity contribution in [1.82, 2.24) is 15.5 Å². The lowest BCUT2D eigenvalue weighted by Gasteiger charge is -2.32. The number of hydrogen-bond donors (Lipinski definition) is 4. The van der Waals surface area contributed by atoms with Gasteiger partial charge in [-0.2, -0.15) is 0 Å². The molecule has 12 heteroatoms. The number of ether oxygens (including phenoxy) is 2. The molecular weight excluding hydrogens is 556 g/mol. The van der Waals surface area contributed by atoms with E-state index in [0.717, 1.165) is 0 Å². The average Bonchev–Trinajstić information content (AvgIpc) is 3.45. The molecule has 0 saturated carbocycles. The minimum Gasteiger partial charge on any atom is -0.458 e. The highest BCUT2D eigenvalue weighted by Crippen LogP contribution is 2.23. The Hall–Kier alpha value is -4.45. The molecule has 2 aromatic rings. The summed E-state index contributed by atoms with van der Waals surface area (Å²) in [6, 6.07) is 14.2. The van der Waals surface area contributed by atoms with Crippen LogP contribution in [-0.4, -0.2) is 76.2 Å². The van der Waals surface area contributed by atoms with E-state index in [2.05, 4.69) is 10.6 Å². The lowest BCUT2D eigenvalue weighted by molar-refractivity contribution is -0.165. The highest BCUT2D eigenvalue weighted by atomic mass is 16.6. The molecule has 1 aliphatic rings. The molecule has 1 saturated heterocycles. The number of benzene rings is 2. The van der Waals surface area contributed by atoms with Gasteiger partial charge >= 0.3 is 12.1 Å². The van der Waals surface area contributed by atoms with Gasteiger partial charge in [-0.15, -0.1) is 0 Å². The summed E-state index contributed by atoms with van der Waals surface area (Å²) in [5, 5.41) is 16.2. The molecule has 0 radical (unpaired) electrons. The van der Waals surface area contributed by atoms with Crippen LogP contribution in [0.15, 0.2) is 60.7 Å². The maximum Gasteiger partial charge on any atom is 0.408 e. The zero-order chi connectivity index (χ0) is 31.6. The number of carbonyl (C=O) groups excluding carboxylic acids is 5. The topological polar surface area (TPSA) is 177 Å². The van der Waals surface area contributed by atoms with Crippen LogP contribution in [0, 0.1) is 0 Å². The van der Waals surface area contributed by atoms with E-state index in [9.17, 15) is 29.1 Å². The molecule has 1 heterocycles. The van der Waals surface area contributed by atoms with Crippen LogP contribution in [0.25, 0.3) is 0 Å². The lowest BCUT2D eigenvalue weighted by atomic mass is 9.99. The highest BCUT2D eigenvalue weighted by molar-refractivity contribution is 5.92. The first-order valence-corrected chi connectivity index (χ1v) is 14.2. The van der Waals surface area contributed by atoms with E-state index in [1.807, 2.05) is 6.07 Å². The van der Waals surface area contributed by atoms with Gasteiger partial charge in [-0.05, 0) is 51.2 Å². The summed E-state index contributed by atoms with van der Waals surface area (Å²) in [4.78, 5) is 65.2. The average molecular weight is 597 g/mol. The Morgan fingerprint density at radius 1 is 0.977 bits per heavy atom. The molecule has 43 heavy (non-hydrogen) atoms. The fourth-order valence-electron chi connectivity index (χ4n) is 4.70. The molecule has 0 spiro atoms. The Kier molecular flexibility index (Phi) is 11.6. The summed E-state index contributed by atoms with van der Waals surface area (Å²) in [5.74, 6) is -3.05. The predicted molar refractivity (Wildman–Crippen MR) is 156 cm³/mol. The third kappa shape index (κ3) is 10.4. The summed E-state index contributed by atoms with van der Waals surface area (Å²) in [6.45, 7) is 5.32. The van der Waals surface area contributed by atoms with Crippen LogP contribution in [0.5, 0.6) is 0 Å². The van der Waals surface area contributed by atoms with Gasteiger partial charge in [0.1, 0.15) is 24.3 Å². The molecule has 1 fully saturated rings. The minimum absolute atomic E-state index is 0.0339. The van der Waals surface area contributed by atoms with Crippen molar-refractivity contribution < 1.29 is 38.6 Å². The van der Waals surface area contributed by atoms with Crippen molar-refractivity contribution in [3.8, 4) is 0 Å². The molecule has 5 N–H and O–H groups in total. The third-order valence-corrected chi connectivity index (χ3v) is 6.70. The van der Waals surface area contributed by atoms with Gasteiger partial charge in [0.25, 0.3) is 5.91 Å². The fourth-order valence-corrected chi connectivity index (χ4v) is 4.70. The van der Waals surface area contributed by atoms with Gasteiger partial charge in [0.15, 0.2) is 6.10 Å². The number of amides is 4. The molecule has 4 amide bonds. The minimum atomic E-state index is -1.76. The number of primary amides is 1. The first-order chi connectivity index (χ1) is 20.3. The molecule has 0 bridgehead atoms. The standard InChI is InChI=1S/C31H40N4O8/c1-31(2,3)43-29(40)24-15-10-16-35(24)28(39)26(37)22(17-20-11-6-4-7-12-20)33-27(38)23(18-25(32)36)34-30(41)42-19-21-13-8-5-9-14-21/h4-9,11-14,22-24,26,37H,10,15-19H2,1-3H3,(H2,32,36)(H,33,38)(H,34,41)/t22-,23+,24-,26-/m0/s1. The largest absolute Gasteiger partial charge is 0.458 e. The van der Waals surface area contributed by atoms with Crippen LogP contribution in [0.3, 0.4) is 0 Å². The second-order valence-corrected chi connectivity index (χ2v) is 11.4. The molecule has 232 valence electrons. The third-order valence-electron chi connectivity index (χ3n) is 6.70. The highest BCUT2D eigenvalue weighted by Gasteiger charge is 2.41. The second kappa shape index (κ2) is 15.1. The van der Waals surface area contributed by atoms with E-state index < -0.39 is 66.0 Å². The number of rotatable bonds is 12. The SMILES string of the molecule is CC(C)(C)OC(=O)[C@@H]1CCCN1C(=O)[C@@H](O)[C@H](Cc1ccccc1)NC(=O)[C@@H](CC(N)=O)NC(=O)OCc1ccccc1. The quantitative estimate of drug-likeness (QED) is 0.267. The number of nitrogens with zero attached hydrogens (tertiary/aromatic N) is 1. The molecule has 0 aromatic heterocycles. The normalized spacial score (nSPS) is 16.8. The predicted octanol–water partition coefficient (Wildman–Crippen LogP) is 1.58. The van der Waals surface area contributed by atoms with Crippen LogP contribution < -0.4 is 16.4 Å². The van der Waals surface area contributed by atoms with Crippen LogP contribution >= 0.6 is 0 Å². The summed E-state index contributed by atoms with van der Waals surface area (Å²) < 4.78 is 10.7. The summed E-state index contributed by atoms with van der Waals surface area (Å²) >= 11 is 0. The van der Waals surface area contributed by atoms with Crippen molar-refractivity contribution in [1.29, 1.82) is 0 Å². The van der Waals surface area contributed by atoms with E-state index in [4.69, 9.17) is 15.2 Å². The second-order valence-electron chi connectivity index (χ2n) is 11.4. The number of esters is 1. The first kappa shape index (κ1) is 33.1. The maximum atomic E-state index is 13.5. The Bertz CT molecular complexity index is 1270. The number of alkyl carbamates (subject to hydrolysis) is 1. The van der Waals surface area contributed by atoms with Crippen molar-refractivity contribution in [3.05, 3.63) is 71.8 Å². The first-order valence-electron chi connectivity index (χ1n) is 14.2. The Morgan fingerprint density at radius 3 is 2.16 bits per heavy atom. The van der Waals surface area contributed by atoms with Gasteiger partial charge < -0.3 is 35.8 Å².